The fourth-order valence-electron chi connectivity index (χ4n) is 2.36. The van der Waals surface area contributed by atoms with E-state index < -0.39 is 12.0 Å². The third-order valence-electron chi connectivity index (χ3n) is 3.50. The molecular formula is C18H22N2O3S. The topological polar surface area (TPSA) is 61.2 Å². The van der Waals surface area contributed by atoms with Crippen molar-refractivity contribution in [2.75, 3.05) is 5.75 Å². The lowest BCUT2D eigenvalue weighted by Gasteiger charge is -2.17. The van der Waals surface area contributed by atoms with Gasteiger partial charge in [0.2, 0.25) is 0 Å². The van der Waals surface area contributed by atoms with E-state index >= 15 is 0 Å². The van der Waals surface area contributed by atoms with Crippen molar-refractivity contribution in [3.8, 4) is 0 Å². The number of fused-ring (bicyclic) bond motifs is 1. The van der Waals surface area contributed by atoms with Crippen LogP contribution in [0.1, 0.15) is 39.7 Å². The number of nitrogens with zero attached hydrogens (tertiary/aromatic N) is 2. The fourth-order valence-corrected chi connectivity index (χ4v) is 3.17. The van der Waals surface area contributed by atoms with Gasteiger partial charge in [-0.25, -0.2) is 9.78 Å². The molecule has 0 spiro atoms. The lowest BCUT2D eigenvalue weighted by Crippen LogP contribution is -2.30. The predicted octanol–water partition coefficient (Wildman–Crippen LogP) is 3.93. The van der Waals surface area contributed by atoms with Crippen molar-refractivity contribution in [2.45, 2.75) is 44.6 Å². The molecule has 0 N–H and O–H groups in total. The van der Waals surface area contributed by atoms with E-state index in [0.29, 0.717) is 23.1 Å². The Labute approximate surface area is 145 Å². The number of aromatic nitrogens is 2. The van der Waals surface area contributed by atoms with Gasteiger partial charge < -0.3 is 4.74 Å². The van der Waals surface area contributed by atoms with Crippen LogP contribution < -0.4 is 5.56 Å². The minimum atomic E-state index is -0.710. The molecular weight excluding hydrogens is 324 g/mol. The molecule has 0 saturated carbocycles. The summed E-state index contributed by atoms with van der Waals surface area (Å²) in [5, 5.41) is 0.514. The number of hydrogen-bond acceptors (Lipinski definition) is 5. The van der Waals surface area contributed by atoms with Gasteiger partial charge in [0.1, 0.15) is 6.04 Å². The third-order valence-corrected chi connectivity index (χ3v) is 4.70. The van der Waals surface area contributed by atoms with Crippen molar-refractivity contribution in [2.24, 2.45) is 0 Å². The summed E-state index contributed by atoms with van der Waals surface area (Å²) < 4.78 is 6.43. The summed E-state index contributed by atoms with van der Waals surface area (Å²) in [5.74, 6) is 0.797. The molecule has 2 rings (SSSR count). The predicted molar refractivity (Wildman–Crippen MR) is 97.3 cm³/mol. The molecule has 1 heterocycles. The number of benzene rings is 1. The van der Waals surface area contributed by atoms with Crippen LogP contribution in [-0.4, -0.2) is 21.3 Å². The highest BCUT2D eigenvalue weighted by Gasteiger charge is 2.22. The number of hydrogen-bond donors (Lipinski definition) is 0. The summed E-state index contributed by atoms with van der Waals surface area (Å²) in [4.78, 5) is 30.4. The van der Waals surface area contributed by atoms with Gasteiger partial charge in [-0.3, -0.25) is 9.36 Å². The average molecular weight is 346 g/mol. The molecule has 1 aromatic heterocycles. The Balaban J connectivity index is 2.46. The maximum absolute atomic E-state index is 12.8. The Morgan fingerprint density at radius 1 is 1.42 bits per heavy atom. The molecule has 1 aromatic carbocycles. The van der Waals surface area contributed by atoms with Crippen molar-refractivity contribution >= 4 is 28.6 Å². The zero-order valence-corrected chi connectivity index (χ0v) is 15.1. The van der Waals surface area contributed by atoms with Crippen LogP contribution in [0, 0.1) is 0 Å². The number of ether oxygens (including phenoxy) is 1. The molecule has 5 nitrogen and oxygen atoms in total. The fraction of sp³-hybridized carbons (Fsp3) is 0.389. The highest BCUT2D eigenvalue weighted by molar-refractivity contribution is 7.99. The van der Waals surface area contributed by atoms with Crippen molar-refractivity contribution in [3.63, 3.8) is 0 Å². The van der Waals surface area contributed by atoms with E-state index in [1.54, 1.807) is 18.7 Å². The molecule has 0 amide bonds. The van der Waals surface area contributed by atoms with E-state index in [4.69, 9.17) is 4.74 Å². The first-order chi connectivity index (χ1) is 11.5. The van der Waals surface area contributed by atoms with Crippen LogP contribution in [0.15, 0.2) is 46.6 Å². The highest BCUT2D eigenvalue weighted by atomic mass is 32.2. The molecule has 0 unspecified atom stereocenters. The van der Waals surface area contributed by atoms with Crippen LogP contribution in [-0.2, 0) is 9.53 Å². The van der Waals surface area contributed by atoms with E-state index in [0.717, 1.165) is 17.1 Å². The van der Waals surface area contributed by atoms with Gasteiger partial charge in [0.25, 0.3) is 5.56 Å². The number of carbonyl (C=O) groups excluding carboxylic acids is 1. The van der Waals surface area contributed by atoms with Crippen molar-refractivity contribution in [1.82, 2.24) is 9.55 Å². The summed E-state index contributed by atoms with van der Waals surface area (Å²) in [7, 11) is 0. The normalized spacial score (nSPS) is 12.1. The largest absolute Gasteiger partial charge is 0.430 e. The molecule has 0 aliphatic heterocycles. The quantitative estimate of drug-likeness (QED) is 0.432. The summed E-state index contributed by atoms with van der Waals surface area (Å²) in [5.41, 5.74) is 0.393. The Hall–Kier alpha value is -2.08. The number of carbonyl (C=O) groups is 1. The van der Waals surface area contributed by atoms with Crippen LogP contribution in [0.25, 0.3) is 10.9 Å². The van der Waals surface area contributed by atoms with Gasteiger partial charge in [-0.1, -0.05) is 20.4 Å². The Bertz CT molecular complexity index is 814. The highest BCUT2D eigenvalue weighted by Crippen LogP contribution is 2.22. The first-order valence-corrected chi connectivity index (χ1v) is 8.97. The maximum atomic E-state index is 12.8. The number of rotatable bonds is 7. The van der Waals surface area contributed by atoms with Crippen LogP contribution >= 0.6 is 11.8 Å². The molecule has 0 saturated heterocycles. The van der Waals surface area contributed by atoms with Gasteiger partial charge in [-0.15, -0.1) is 11.8 Å². The van der Waals surface area contributed by atoms with Gasteiger partial charge in [0, 0.05) is 4.90 Å². The molecule has 128 valence electrons. The molecule has 0 bridgehead atoms. The Kier molecular flexibility index (Phi) is 6.20. The SMILES string of the molecule is C=C(C)OC(=O)[C@H](CC)n1cnc2ccc(SCCC)cc2c1=O. The smallest absolute Gasteiger partial charge is 0.334 e. The lowest BCUT2D eigenvalue weighted by molar-refractivity contribution is -0.143. The Morgan fingerprint density at radius 2 is 2.17 bits per heavy atom. The van der Waals surface area contributed by atoms with Crippen molar-refractivity contribution < 1.29 is 9.53 Å². The standard InChI is InChI=1S/C18H22N2O3S/c1-5-9-24-13-7-8-15-14(10-13)17(21)20(11-19-15)16(6-2)18(22)23-12(3)4/h7-8,10-11,16H,3,5-6,9H2,1-2,4H3/t16-/m0/s1. The second-order valence-corrected chi connectivity index (χ2v) is 6.70. The molecule has 0 radical (unpaired) electrons. The number of allylic oxidation sites excluding steroid dienone is 1. The van der Waals surface area contributed by atoms with Gasteiger partial charge in [0.05, 0.1) is 23.0 Å². The summed E-state index contributed by atoms with van der Waals surface area (Å²) in [6, 6.07) is 4.94. The van der Waals surface area contributed by atoms with E-state index in [-0.39, 0.29) is 5.56 Å². The van der Waals surface area contributed by atoms with Crippen LogP contribution in [0.5, 0.6) is 0 Å². The first-order valence-electron chi connectivity index (χ1n) is 7.98. The van der Waals surface area contributed by atoms with Gasteiger partial charge in [-0.2, -0.15) is 0 Å². The number of esters is 1. The van der Waals surface area contributed by atoms with Crippen LogP contribution in [0.3, 0.4) is 0 Å². The first kappa shape index (κ1) is 18.3. The monoisotopic (exact) mass is 346 g/mol. The number of thioether (sulfide) groups is 1. The zero-order chi connectivity index (χ0) is 17.7. The molecule has 0 fully saturated rings. The molecule has 0 aliphatic carbocycles. The average Bonchev–Trinajstić information content (AvgIpc) is 2.55. The minimum absolute atomic E-state index is 0.232. The van der Waals surface area contributed by atoms with E-state index in [2.05, 4.69) is 18.5 Å². The zero-order valence-electron chi connectivity index (χ0n) is 14.2. The van der Waals surface area contributed by atoms with E-state index in [1.807, 2.05) is 25.1 Å². The molecule has 0 aliphatic rings. The van der Waals surface area contributed by atoms with Crippen molar-refractivity contribution in [1.29, 1.82) is 0 Å². The lowest BCUT2D eigenvalue weighted by atomic mass is 10.2. The third kappa shape index (κ3) is 4.06. The van der Waals surface area contributed by atoms with E-state index in [1.165, 1.54) is 10.9 Å². The van der Waals surface area contributed by atoms with Crippen molar-refractivity contribution in [3.05, 3.63) is 47.2 Å². The molecule has 6 heteroatoms. The second kappa shape index (κ2) is 8.15. The summed E-state index contributed by atoms with van der Waals surface area (Å²) >= 11 is 1.70. The van der Waals surface area contributed by atoms with Crippen LogP contribution in [0.2, 0.25) is 0 Å². The second-order valence-electron chi connectivity index (χ2n) is 5.53. The molecule has 1 atom stereocenters. The minimum Gasteiger partial charge on any atom is -0.430 e. The Morgan fingerprint density at radius 3 is 2.79 bits per heavy atom. The molecule has 2 aromatic rings. The van der Waals surface area contributed by atoms with Gasteiger partial charge in [0.15, 0.2) is 0 Å². The molecule has 24 heavy (non-hydrogen) atoms. The maximum Gasteiger partial charge on any atom is 0.334 e. The van der Waals surface area contributed by atoms with Gasteiger partial charge >= 0.3 is 5.97 Å². The summed E-state index contributed by atoms with van der Waals surface area (Å²) in [6.45, 7) is 9.11. The summed E-state index contributed by atoms with van der Waals surface area (Å²) in [6.07, 6.45) is 2.91. The van der Waals surface area contributed by atoms with E-state index in [9.17, 15) is 9.59 Å². The van der Waals surface area contributed by atoms with Gasteiger partial charge in [-0.05, 0) is 43.7 Å². The van der Waals surface area contributed by atoms with Crippen LogP contribution in [0.4, 0.5) is 0 Å².